The highest BCUT2D eigenvalue weighted by molar-refractivity contribution is 6.08. The largest absolute Gasteiger partial charge is 0.463 e. The number of fused-ring (bicyclic) bond motifs is 3. The molecule has 19 heteroatoms. The third-order valence-electron chi connectivity index (χ3n) is 16.7. The van der Waals surface area contributed by atoms with E-state index in [0.29, 0.717) is 38.0 Å². The monoisotopic (exact) mass is 1050 g/mol. The number of hydrogen-bond donors (Lipinski definition) is 0. The molecule has 1 aromatic carbocycles. The molecule has 3 aliphatic carbocycles. The summed E-state index contributed by atoms with van der Waals surface area (Å²) in [6.07, 6.45) is 13.9. The summed E-state index contributed by atoms with van der Waals surface area (Å²) in [4.78, 5) is 114. The van der Waals surface area contributed by atoms with Crippen LogP contribution in [-0.2, 0) is 68.6 Å². The van der Waals surface area contributed by atoms with Gasteiger partial charge in [-0.05, 0) is 79.1 Å². The van der Waals surface area contributed by atoms with Crippen LogP contribution in [0.3, 0.4) is 0 Å². The Morgan fingerprint density at radius 2 is 1.14 bits per heavy atom. The molecule has 6 fully saturated rings. The molecule has 3 aliphatic heterocycles. The van der Waals surface area contributed by atoms with Crippen molar-refractivity contribution in [3.63, 3.8) is 0 Å². The van der Waals surface area contributed by atoms with Crippen LogP contribution in [0.25, 0.3) is 0 Å². The number of ether oxygens (including phenoxy) is 5. The number of esters is 2. The van der Waals surface area contributed by atoms with E-state index >= 15 is 0 Å². The number of benzene rings is 1. The highest BCUT2D eigenvalue weighted by atomic mass is 16.6. The number of nitrogens with zero attached hydrogens (tertiary/aromatic N) is 6. The van der Waals surface area contributed by atoms with E-state index in [9.17, 15) is 38.4 Å². The number of likely N-dealkylation sites (tertiary alicyclic amines) is 3. The average Bonchev–Trinajstić information content (AvgIpc) is 4.32. The zero-order valence-electron chi connectivity index (χ0n) is 44.4. The number of imide groups is 3. The third kappa shape index (κ3) is 11.2. The number of carbonyl (C=O) groups is 8. The summed E-state index contributed by atoms with van der Waals surface area (Å²) in [7, 11) is 4.53. The predicted molar refractivity (Wildman–Crippen MR) is 273 cm³/mol. The van der Waals surface area contributed by atoms with Crippen molar-refractivity contribution in [1.29, 1.82) is 0 Å². The highest BCUT2D eigenvalue weighted by Gasteiger charge is 2.61. The second-order valence-electron chi connectivity index (χ2n) is 21.9. The first-order chi connectivity index (χ1) is 36.5. The van der Waals surface area contributed by atoms with E-state index in [-0.39, 0.29) is 105 Å². The zero-order valence-corrected chi connectivity index (χ0v) is 44.4. The van der Waals surface area contributed by atoms with Crippen molar-refractivity contribution >= 4 is 47.4 Å². The Bertz CT molecular complexity index is 2610. The van der Waals surface area contributed by atoms with Crippen LogP contribution in [0.15, 0.2) is 86.1 Å². The Balaban J connectivity index is 1.05. The lowest BCUT2D eigenvalue weighted by atomic mass is 9.84. The number of hydrogen-bond acceptors (Lipinski definition) is 15. The second-order valence-corrected chi connectivity index (χ2v) is 21.9. The van der Waals surface area contributed by atoms with Crippen molar-refractivity contribution in [2.24, 2.45) is 76.4 Å². The van der Waals surface area contributed by atoms with Gasteiger partial charge >= 0.3 is 11.9 Å². The van der Waals surface area contributed by atoms with Gasteiger partial charge in [0, 0.05) is 27.9 Å². The maximum absolute atomic E-state index is 14.9. The Hall–Kier alpha value is -6.44. The number of carbonyl (C=O) groups excluding carboxylic acids is 8. The van der Waals surface area contributed by atoms with Crippen LogP contribution in [0.2, 0.25) is 0 Å². The molecule has 408 valence electrons. The third-order valence-corrected chi connectivity index (χ3v) is 16.7. The van der Waals surface area contributed by atoms with Crippen LogP contribution in [0.5, 0.6) is 0 Å². The Morgan fingerprint density at radius 3 is 1.63 bits per heavy atom. The Labute approximate surface area is 444 Å². The van der Waals surface area contributed by atoms with Crippen molar-refractivity contribution in [3.8, 4) is 0 Å². The standard InChI is InChI=1S/C57H72N6O13/c1-9-34-26-37(46-44(34)50(65)60(52(46)67)21-20-43(64)75-25-24-72-6)16-18-39-28-40(19-17-38-27-35(10-2)45-47(38)53(68)61(51(45)66)22-23-76-56(71)33(3)74-8)49-48(39)54(69)62(55(49)70)30-41-31-63(59-58-41)42(29-57(4,5)32-73-7)36-14-12-11-13-15-36/h9-19,31,33-35,37-40,42,44-49H,1-2,20-30,32H2,3-8H3/b18-16-,19-17-. The van der Waals surface area contributed by atoms with Gasteiger partial charge in [0.15, 0.2) is 6.10 Å². The minimum Gasteiger partial charge on any atom is -0.463 e. The van der Waals surface area contributed by atoms with Crippen molar-refractivity contribution in [3.05, 3.63) is 97.4 Å². The van der Waals surface area contributed by atoms with Gasteiger partial charge in [-0.15, -0.1) is 18.3 Å². The molecular formula is C57H72N6O13. The maximum Gasteiger partial charge on any atom is 0.335 e. The summed E-state index contributed by atoms with van der Waals surface area (Å²) >= 11 is 0. The molecule has 4 heterocycles. The van der Waals surface area contributed by atoms with Gasteiger partial charge in [-0.3, -0.25) is 48.3 Å². The summed E-state index contributed by atoms with van der Waals surface area (Å²) in [5.74, 6) is -9.93. The van der Waals surface area contributed by atoms with E-state index in [1.165, 1.54) is 26.0 Å². The molecule has 6 amide bonds. The van der Waals surface area contributed by atoms with E-state index in [2.05, 4.69) is 37.3 Å². The molecule has 1 aromatic heterocycles. The molecular weight excluding hydrogens is 977 g/mol. The first kappa shape index (κ1) is 55.8. The van der Waals surface area contributed by atoms with Crippen LogP contribution in [0, 0.1) is 76.4 Å². The van der Waals surface area contributed by atoms with Gasteiger partial charge in [0.25, 0.3) is 0 Å². The second kappa shape index (κ2) is 23.8. The van der Waals surface area contributed by atoms with Crippen LogP contribution in [-0.4, -0.2) is 144 Å². The molecule has 19 nitrogen and oxygen atoms in total. The van der Waals surface area contributed by atoms with E-state index in [1.54, 1.807) is 30.1 Å². The van der Waals surface area contributed by atoms with Gasteiger partial charge in [0.05, 0.1) is 80.5 Å². The van der Waals surface area contributed by atoms with Gasteiger partial charge in [-0.2, -0.15) is 0 Å². The first-order valence-electron chi connectivity index (χ1n) is 26.4. The predicted octanol–water partition coefficient (Wildman–Crippen LogP) is 4.78. The minimum atomic E-state index is -0.810. The van der Waals surface area contributed by atoms with Crippen LogP contribution < -0.4 is 0 Å². The van der Waals surface area contributed by atoms with Gasteiger partial charge in [0.2, 0.25) is 35.4 Å². The molecule has 6 aliphatic rings. The molecule has 3 saturated heterocycles. The van der Waals surface area contributed by atoms with E-state index in [1.807, 2.05) is 54.6 Å². The maximum atomic E-state index is 14.9. The van der Waals surface area contributed by atoms with Crippen molar-refractivity contribution in [2.45, 2.75) is 71.6 Å². The summed E-state index contributed by atoms with van der Waals surface area (Å²) in [5, 5.41) is 9.03. The first-order valence-corrected chi connectivity index (χ1v) is 26.4. The fourth-order valence-electron chi connectivity index (χ4n) is 13.0. The molecule has 14 unspecified atom stereocenters. The van der Waals surface area contributed by atoms with Gasteiger partial charge in [-0.1, -0.05) is 85.8 Å². The smallest absolute Gasteiger partial charge is 0.335 e. The Morgan fingerprint density at radius 1 is 0.658 bits per heavy atom. The quantitative estimate of drug-likeness (QED) is 0.0565. The number of aromatic nitrogens is 3. The topological polar surface area (TPSA) is 223 Å². The van der Waals surface area contributed by atoms with Crippen LogP contribution in [0.4, 0.5) is 0 Å². The van der Waals surface area contributed by atoms with E-state index < -0.39 is 77.2 Å². The molecule has 76 heavy (non-hydrogen) atoms. The molecule has 8 rings (SSSR count). The van der Waals surface area contributed by atoms with Crippen LogP contribution >= 0.6 is 0 Å². The summed E-state index contributed by atoms with van der Waals surface area (Å²) in [6.45, 7) is 14.0. The van der Waals surface area contributed by atoms with Gasteiger partial charge in [0.1, 0.15) is 18.9 Å². The number of methoxy groups -OCH3 is 3. The molecule has 0 spiro atoms. The van der Waals surface area contributed by atoms with Crippen molar-refractivity contribution in [2.75, 3.05) is 60.8 Å². The zero-order chi connectivity index (χ0) is 54.6. The van der Waals surface area contributed by atoms with Crippen LogP contribution in [0.1, 0.15) is 70.2 Å². The van der Waals surface area contributed by atoms with Gasteiger partial charge in [-0.25, -0.2) is 9.48 Å². The molecule has 0 N–H and O–H groups in total. The van der Waals surface area contributed by atoms with E-state index in [0.717, 1.165) is 15.4 Å². The molecule has 3 saturated carbocycles. The molecule has 2 aromatic rings. The summed E-state index contributed by atoms with van der Waals surface area (Å²) < 4.78 is 27.7. The number of rotatable bonds is 25. The number of amides is 6. The lowest BCUT2D eigenvalue weighted by Gasteiger charge is -2.29. The van der Waals surface area contributed by atoms with Crippen molar-refractivity contribution in [1.82, 2.24) is 29.7 Å². The number of allylic oxidation sites excluding steroid dienone is 6. The summed E-state index contributed by atoms with van der Waals surface area (Å²) in [5.41, 5.74) is 1.21. The van der Waals surface area contributed by atoms with Gasteiger partial charge < -0.3 is 23.7 Å². The van der Waals surface area contributed by atoms with E-state index in [4.69, 9.17) is 23.7 Å². The highest BCUT2D eigenvalue weighted by Crippen LogP contribution is 2.53. The summed E-state index contributed by atoms with van der Waals surface area (Å²) in [6, 6.07) is 9.70. The fraction of sp³-hybridized carbons (Fsp3) is 0.579. The normalized spacial score (nSPS) is 30.0. The SMILES string of the molecule is C=CC1CC(/C=C\C2CC(/C=C\C3CC(C=C)C4C(=O)N(CCC(=O)OCCOC)C(=O)C34)C3C(=O)N(Cc4cn(C(CC(C)(C)COC)c5ccccc5)nn4)C(=O)C23)C2C(=O)N(CCOC(=O)C(C)OC)C(=O)C12. The molecule has 14 atom stereocenters. The molecule has 0 bridgehead atoms. The van der Waals surface area contributed by atoms with Crippen molar-refractivity contribution < 1.29 is 62.0 Å². The fourth-order valence-corrected chi connectivity index (χ4v) is 13.0. The lowest BCUT2D eigenvalue weighted by Crippen LogP contribution is -2.37. The minimum absolute atomic E-state index is 0.0537. The lowest BCUT2D eigenvalue weighted by molar-refractivity contribution is -0.156. The Kier molecular flexibility index (Phi) is 17.5. The molecule has 0 radical (unpaired) electrons. The average molecular weight is 1050 g/mol.